The highest BCUT2D eigenvalue weighted by molar-refractivity contribution is 9.10. The first-order chi connectivity index (χ1) is 12.0. The lowest BCUT2D eigenvalue weighted by atomic mass is 9.89. The molecule has 0 saturated heterocycles. The molecule has 0 bridgehead atoms. The monoisotopic (exact) mass is 421 g/mol. The van der Waals surface area contributed by atoms with E-state index in [1.807, 2.05) is 6.92 Å². The third-order valence-corrected chi connectivity index (χ3v) is 5.36. The Bertz CT molecular complexity index is 778. The van der Waals surface area contributed by atoms with E-state index in [2.05, 4.69) is 39.4 Å². The maximum atomic E-state index is 12.2. The lowest BCUT2D eigenvalue weighted by molar-refractivity contribution is -0.123. The van der Waals surface area contributed by atoms with Gasteiger partial charge in [-0.05, 0) is 83.4 Å². The van der Waals surface area contributed by atoms with Gasteiger partial charge in [-0.3, -0.25) is 4.79 Å². The van der Waals surface area contributed by atoms with Gasteiger partial charge in [0.25, 0.3) is 5.91 Å². The minimum atomic E-state index is -0.146. The molecule has 1 unspecified atom stereocenters. The summed E-state index contributed by atoms with van der Waals surface area (Å²) in [6.07, 6.45) is 4.83. The van der Waals surface area contributed by atoms with Crippen LogP contribution in [0.1, 0.15) is 42.5 Å². The van der Waals surface area contributed by atoms with Crippen LogP contribution < -0.4 is 10.1 Å². The number of amides is 1. The minimum Gasteiger partial charge on any atom is -0.483 e. The zero-order valence-corrected chi connectivity index (χ0v) is 16.5. The van der Waals surface area contributed by atoms with Crippen LogP contribution in [0, 0.1) is 0 Å². The van der Waals surface area contributed by atoms with E-state index in [4.69, 9.17) is 16.3 Å². The number of ether oxygens (including phenoxy) is 1. The van der Waals surface area contributed by atoms with Crippen molar-refractivity contribution in [2.75, 3.05) is 6.61 Å². The normalized spacial score (nSPS) is 14.5. The van der Waals surface area contributed by atoms with Gasteiger partial charge in [-0.15, -0.1) is 0 Å². The largest absolute Gasteiger partial charge is 0.483 e. The van der Waals surface area contributed by atoms with Crippen LogP contribution in [0.5, 0.6) is 5.75 Å². The summed E-state index contributed by atoms with van der Waals surface area (Å²) in [6.45, 7) is 1.97. The van der Waals surface area contributed by atoms with Gasteiger partial charge in [0.15, 0.2) is 6.61 Å². The van der Waals surface area contributed by atoms with Crippen LogP contribution in [0.25, 0.3) is 0 Å². The molecular weight excluding hydrogens is 402 g/mol. The first-order valence-corrected chi connectivity index (χ1v) is 9.69. The molecule has 0 radical (unpaired) electrons. The lowest BCUT2D eigenvalue weighted by Gasteiger charge is -2.20. The summed E-state index contributed by atoms with van der Waals surface area (Å²) in [5, 5.41) is 3.61. The molecule has 0 saturated carbocycles. The average molecular weight is 423 g/mol. The SMILES string of the molecule is CC(NC(=O)COc1ccc(Cl)cc1Br)c1ccc2c(c1)CCCC2. The molecule has 2 aromatic rings. The Hall–Kier alpha value is -1.52. The van der Waals surface area contributed by atoms with Crippen LogP contribution in [0.4, 0.5) is 0 Å². The molecule has 0 aromatic heterocycles. The van der Waals surface area contributed by atoms with Gasteiger partial charge >= 0.3 is 0 Å². The molecule has 0 spiro atoms. The average Bonchev–Trinajstić information content (AvgIpc) is 2.60. The molecule has 3 nitrogen and oxygen atoms in total. The van der Waals surface area contributed by atoms with E-state index in [-0.39, 0.29) is 18.6 Å². The van der Waals surface area contributed by atoms with E-state index in [1.54, 1.807) is 18.2 Å². The molecule has 3 rings (SSSR count). The molecule has 2 aromatic carbocycles. The summed E-state index contributed by atoms with van der Waals surface area (Å²) < 4.78 is 6.30. The second-order valence-corrected chi connectivity index (χ2v) is 7.68. The maximum Gasteiger partial charge on any atom is 0.258 e. The van der Waals surface area contributed by atoms with E-state index in [0.29, 0.717) is 10.8 Å². The molecule has 0 heterocycles. The summed E-state index contributed by atoms with van der Waals surface area (Å²) in [7, 11) is 0. The minimum absolute atomic E-state index is 0.0322. The third kappa shape index (κ3) is 4.77. The molecule has 5 heteroatoms. The Balaban J connectivity index is 1.57. The van der Waals surface area contributed by atoms with Crippen LogP contribution in [0.2, 0.25) is 5.02 Å². The van der Waals surface area contributed by atoms with Gasteiger partial charge in [0.05, 0.1) is 10.5 Å². The molecule has 1 aliphatic carbocycles. The molecule has 132 valence electrons. The number of halogens is 2. The number of carbonyl (C=O) groups excluding carboxylic acids is 1. The number of benzene rings is 2. The van der Waals surface area contributed by atoms with Gasteiger partial charge in [-0.2, -0.15) is 0 Å². The van der Waals surface area contributed by atoms with Crippen molar-refractivity contribution in [3.05, 3.63) is 62.6 Å². The molecule has 0 aliphatic heterocycles. The highest BCUT2D eigenvalue weighted by Crippen LogP contribution is 2.28. The standard InChI is InChI=1S/C20H21BrClNO2/c1-13(15-7-6-14-4-2-3-5-16(14)10-15)23-20(24)12-25-19-9-8-17(22)11-18(19)21/h6-11,13H,2-5,12H2,1H3,(H,23,24). The molecule has 1 aliphatic rings. The fourth-order valence-corrected chi connectivity index (χ4v) is 3.92. The van der Waals surface area contributed by atoms with Gasteiger partial charge in [0.2, 0.25) is 0 Å². The van der Waals surface area contributed by atoms with Crippen LogP contribution in [0.3, 0.4) is 0 Å². The fourth-order valence-electron chi connectivity index (χ4n) is 3.12. The van der Waals surface area contributed by atoms with Crippen molar-refractivity contribution in [2.45, 2.75) is 38.6 Å². The van der Waals surface area contributed by atoms with Crippen molar-refractivity contribution in [1.82, 2.24) is 5.32 Å². The summed E-state index contributed by atoms with van der Waals surface area (Å²) in [4.78, 5) is 12.2. The predicted molar refractivity (Wildman–Crippen MR) is 104 cm³/mol. The molecule has 0 fully saturated rings. The van der Waals surface area contributed by atoms with E-state index in [0.717, 1.165) is 16.5 Å². The van der Waals surface area contributed by atoms with Gasteiger partial charge in [-0.1, -0.05) is 29.8 Å². The van der Waals surface area contributed by atoms with Gasteiger partial charge in [0, 0.05) is 5.02 Å². The first kappa shape index (κ1) is 18.3. The van der Waals surface area contributed by atoms with E-state index >= 15 is 0 Å². The number of carbonyl (C=O) groups is 1. The highest BCUT2D eigenvalue weighted by atomic mass is 79.9. The quantitative estimate of drug-likeness (QED) is 0.716. The van der Waals surface area contributed by atoms with E-state index in [9.17, 15) is 4.79 Å². The third-order valence-electron chi connectivity index (χ3n) is 4.50. The summed E-state index contributed by atoms with van der Waals surface area (Å²) in [5.74, 6) is 0.452. The van der Waals surface area contributed by atoms with E-state index in [1.165, 1.54) is 30.4 Å². The van der Waals surface area contributed by atoms with Crippen LogP contribution >= 0.6 is 27.5 Å². The Morgan fingerprint density at radius 1 is 1.20 bits per heavy atom. The Labute approximate surface area is 161 Å². The van der Waals surface area contributed by atoms with Crippen LogP contribution in [-0.2, 0) is 17.6 Å². The van der Waals surface area contributed by atoms with Crippen molar-refractivity contribution in [2.24, 2.45) is 0 Å². The van der Waals surface area contributed by atoms with Gasteiger partial charge in [-0.25, -0.2) is 0 Å². The number of rotatable bonds is 5. The van der Waals surface area contributed by atoms with Crippen LogP contribution in [0.15, 0.2) is 40.9 Å². The van der Waals surface area contributed by atoms with E-state index < -0.39 is 0 Å². The number of hydrogen-bond acceptors (Lipinski definition) is 2. The van der Waals surface area contributed by atoms with Crippen molar-refractivity contribution < 1.29 is 9.53 Å². The zero-order valence-electron chi connectivity index (χ0n) is 14.1. The number of hydrogen-bond donors (Lipinski definition) is 1. The van der Waals surface area contributed by atoms with Gasteiger partial charge < -0.3 is 10.1 Å². The summed E-state index contributed by atoms with van der Waals surface area (Å²) in [6, 6.07) is 11.7. The summed E-state index contributed by atoms with van der Waals surface area (Å²) >= 11 is 9.28. The Kier molecular flexibility index (Phi) is 6.02. The second-order valence-electron chi connectivity index (χ2n) is 6.39. The maximum absolute atomic E-state index is 12.2. The molecule has 1 N–H and O–H groups in total. The van der Waals surface area contributed by atoms with Crippen molar-refractivity contribution in [3.63, 3.8) is 0 Å². The fraction of sp³-hybridized carbons (Fsp3) is 0.350. The van der Waals surface area contributed by atoms with Gasteiger partial charge in [0.1, 0.15) is 5.75 Å². The molecule has 1 amide bonds. The first-order valence-electron chi connectivity index (χ1n) is 8.52. The second kappa shape index (κ2) is 8.24. The van der Waals surface area contributed by atoms with Crippen molar-refractivity contribution in [1.29, 1.82) is 0 Å². The zero-order chi connectivity index (χ0) is 17.8. The van der Waals surface area contributed by atoms with Crippen molar-refractivity contribution >= 4 is 33.4 Å². The van der Waals surface area contributed by atoms with Crippen molar-refractivity contribution in [3.8, 4) is 5.75 Å². The summed E-state index contributed by atoms with van der Waals surface area (Å²) in [5.41, 5.74) is 4.01. The number of fused-ring (bicyclic) bond motifs is 1. The molecule has 25 heavy (non-hydrogen) atoms. The van der Waals surface area contributed by atoms with Crippen LogP contribution in [-0.4, -0.2) is 12.5 Å². The smallest absolute Gasteiger partial charge is 0.258 e. The molecular formula is C20H21BrClNO2. The highest BCUT2D eigenvalue weighted by Gasteiger charge is 2.14. The lowest BCUT2D eigenvalue weighted by Crippen LogP contribution is -2.31. The Morgan fingerprint density at radius 2 is 1.96 bits per heavy atom. The topological polar surface area (TPSA) is 38.3 Å². The number of aryl methyl sites for hydroxylation is 2. The molecule has 1 atom stereocenters. The Morgan fingerprint density at radius 3 is 2.72 bits per heavy atom. The number of nitrogens with one attached hydrogen (secondary N) is 1. The predicted octanol–water partition coefficient (Wildman–Crippen LogP) is 5.24.